The van der Waals surface area contributed by atoms with Gasteiger partial charge in [-0.15, -0.1) is 0 Å². The van der Waals surface area contributed by atoms with E-state index in [4.69, 9.17) is 9.94 Å². The van der Waals surface area contributed by atoms with Gasteiger partial charge in [-0.25, -0.2) is 5.48 Å². The Morgan fingerprint density at radius 2 is 1.91 bits per heavy atom. The zero-order valence-electron chi connectivity index (χ0n) is 19.1. The van der Waals surface area contributed by atoms with Crippen molar-refractivity contribution in [3.63, 3.8) is 0 Å². The zero-order valence-corrected chi connectivity index (χ0v) is 19.1. The van der Waals surface area contributed by atoms with E-state index in [1.807, 2.05) is 75.4 Å². The number of carbonyl (C=O) groups is 2. The van der Waals surface area contributed by atoms with Crippen LogP contribution >= 0.6 is 0 Å². The molecule has 7 nitrogen and oxygen atoms in total. The summed E-state index contributed by atoms with van der Waals surface area (Å²) in [6.07, 6.45) is 0.822. The number of fused-ring (bicyclic) bond motifs is 1. The van der Waals surface area contributed by atoms with Gasteiger partial charge < -0.3 is 10.1 Å². The lowest BCUT2D eigenvalue weighted by Gasteiger charge is -2.19. The number of aromatic nitrogens is 1. The van der Waals surface area contributed by atoms with Crippen molar-refractivity contribution in [2.75, 3.05) is 0 Å². The fraction of sp³-hybridized carbons (Fsp3) is 0.346. The zero-order chi connectivity index (χ0) is 23.6. The second-order valence-electron chi connectivity index (χ2n) is 9.07. The van der Waals surface area contributed by atoms with Gasteiger partial charge >= 0.3 is 0 Å². The average molecular weight is 448 g/mol. The first-order valence-corrected chi connectivity index (χ1v) is 11.1. The summed E-state index contributed by atoms with van der Waals surface area (Å²) >= 11 is 0. The lowest BCUT2D eigenvalue weighted by molar-refractivity contribution is -0.135. The van der Waals surface area contributed by atoms with Crippen LogP contribution in [0.3, 0.4) is 0 Å². The summed E-state index contributed by atoms with van der Waals surface area (Å²) in [5, 5.41) is 13.0. The molecule has 0 aliphatic heterocycles. The number of amides is 2. The number of benzene rings is 2. The molecule has 0 spiro atoms. The van der Waals surface area contributed by atoms with Crippen LogP contribution in [0.15, 0.2) is 54.6 Å². The predicted octanol–water partition coefficient (Wildman–Crippen LogP) is 3.70. The highest BCUT2D eigenvalue weighted by atomic mass is 16.5. The van der Waals surface area contributed by atoms with E-state index in [2.05, 4.69) is 10.3 Å². The number of nitrogens with one attached hydrogen (secondary N) is 2. The van der Waals surface area contributed by atoms with Crippen LogP contribution in [0.25, 0.3) is 10.9 Å². The summed E-state index contributed by atoms with van der Waals surface area (Å²) in [4.78, 5) is 29.4. The van der Waals surface area contributed by atoms with E-state index in [1.165, 1.54) is 0 Å². The smallest absolute Gasteiger partial charge is 0.247 e. The minimum atomic E-state index is -0.840. The van der Waals surface area contributed by atoms with Crippen LogP contribution in [0.4, 0.5) is 0 Å². The van der Waals surface area contributed by atoms with Gasteiger partial charge in [0.25, 0.3) is 0 Å². The Bertz CT molecular complexity index is 1180. The van der Waals surface area contributed by atoms with E-state index in [1.54, 1.807) is 5.48 Å². The Morgan fingerprint density at radius 3 is 2.61 bits per heavy atom. The summed E-state index contributed by atoms with van der Waals surface area (Å²) in [6, 6.07) is 17.6. The van der Waals surface area contributed by atoms with Crippen LogP contribution in [0, 0.1) is 18.3 Å². The van der Waals surface area contributed by atoms with Gasteiger partial charge in [-0.1, -0.05) is 30.3 Å². The number of hydrogen-bond acceptors (Lipinski definition) is 5. The Hall–Kier alpha value is -3.45. The first kappa shape index (κ1) is 22.7. The topological polar surface area (TPSA) is 101 Å². The molecule has 7 heteroatoms. The Morgan fingerprint density at radius 1 is 1.18 bits per heavy atom. The molecule has 0 bridgehead atoms. The van der Waals surface area contributed by atoms with E-state index in [0.29, 0.717) is 19.4 Å². The molecule has 1 aromatic heterocycles. The minimum Gasteiger partial charge on any atom is -0.489 e. The molecule has 1 aliphatic carbocycles. The van der Waals surface area contributed by atoms with Crippen molar-refractivity contribution in [3.8, 4) is 5.75 Å². The van der Waals surface area contributed by atoms with Gasteiger partial charge in [0.2, 0.25) is 11.8 Å². The molecular formula is C26H29N3O4. The fourth-order valence-corrected chi connectivity index (χ4v) is 4.40. The molecule has 2 amide bonds. The van der Waals surface area contributed by atoms with Crippen molar-refractivity contribution in [1.82, 2.24) is 15.8 Å². The fourth-order valence-electron chi connectivity index (χ4n) is 4.40. The summed E-state index contributed by atoms with van der Waals surface area (Å²) < 4.78 is 6.03. The monoisotopic (exact) mass is 447 g/mol. The van der Waals surface area contributed by atoms with Crippen LogP contribution in [0.5, 0.6) is 5.75 Å². The third-order valence-corrected chi connectivity index (χ3v) is 6.14. The Labute approximate surface area is 193 Å². The lowest BCUT2D eigenvalue weighted by atomic mass is 9.92. The average Bonchev–Trinajstić information content (AvgIpc) is 3.52. The SMILES string of the molecule is Cc1cc(COc2ccc(CC3(C(=O)NC(C)C)CC3C(=O)NO)cc2)c2ccccc2n1. The van der Waals surface area contributed by atoms with Crippen molar-refractivity contribution >= 4 is 22.7 Å². The number of hydrogen-bond donors (Lipinski definition) is 3. The maximum absolute atomic E-state index is 12.8. The van der Waals surface area contributed by atoms with Crippen molar-refractivity contribution < 1.29 is 19.5 Å². The third-order valence-electron chi connectivity index (χ3n) is 6.14. The molecule has 0 saturated heterocycles. The van der Waals surface area contributed by atoms with E-state index >= 15 is 0 Å². The van der Waals surface area contributed by atoms with Crippen LogP contribution in [-0.2, 0) is 22.6 Å². The number of pyridine rings is 1. The Balaban J connectivity index is 1.46. The highest BCUT2D eigenvalue weighted by Crippen LogP contribution is 2.55. The van der Waals surface area contributed by atoms with E-state index < -0.39 is 17.2 Å². The quantitative estimate of drug-likeness (QED) is 0.361. The van der Waals surface area contributed by atoms with Crippen molar-refractivity contribution in [2.45, 2.75) is 46.3 Å². The molecule has 3 N–H and O–H groups in total. The molecule has 1 fully saturated rings. The molecule has 1 saturated carbocycles. The van der Waals surface area contributed by atoms with E-state index in [-0.39, 0.29) is 11.9 Å². The first-order valence-electron chi connectivity index (χ1n) is 11.1. The summed E-state index contributed by atoms with van der Waals surface area (Å²) in [5.41, 5.74) is 4.74. The van der Waals surface area contributed by atoms with E-state index in [9.17, 15) is 9.59 Å². The molecule has 4 rings (SSSR count). The Kier molecular flexibility index (Phi) is 6.33. The number of ether oxygens (including phenoxy) is 1. The van der Waals surface area contributed by atoms with Gasteiger partial charge in [0.15, 0.2) is 0 Å². The maximum Gasteiger partial charge on any atom is 0.247 e. The number of carbonyl (C=O) groups excluding carboxylic acids is 2. The molecule has 2 unspecified atom stereocenters. The predicted molar refractivity (Wildman–Crippen MR) is 125 cm³/mol. The van der Waals surface area contributed by atoms with Crippen LogP contribution in [0.1, 0.15) is 37.1 Å². The van der Waals surface area contributed by atoms with E-state index in [0.717, 1.165) is 33.5 Å². The molecule has 172 valence electrons. The normalized spacial score (nSPS) is 19.4. The van der Waals surface area contributed by atoms with Gasteiger partial charge in [0, 0.05) is 22.7 Å². The number of para-hydroxylation sites is 1. The molecule has 1 heterocycles. The second kappa shape index (κ2) is 9.19. The van der Waals surface area contributed by atoms with Crippen LogP contribution in [0.2, 0.25) is 0 Å². The lowest BCUT2D eigenvalue weighted by Crippen LogP contribution is -2.40. The van der Waals surface area contributed by atoms with Gasteiger partial charge in [-0.2, -0.15) is 0 Å². The molecule has 2 atom stereocenters. The third kappa shape index (κ3) is 4.83. The van der Waals surface area contributed by atoms with Gasteiger partial charge in [-0.05, 0) is 63.4 Å². The molecule has 3 aromatic rings. The highest BCUT2D eigenvalue weighted by molar-refractivity contribution is 5.96. The molecule has 2 aromatic carbocycles. The molecular weight excluding hydrogens is 418 g/mol. The molecule has 33 heavy (non-hydrogen) atoms. The standard InChI is InChI=1S/C26H29N3O4/c1-16(2)27-25(31)26(14-22(26)24(30)29-32)13-18-8-10-20(11-9-18)33-15-19-12-17(3)28-23-7-5-4-6-21(19)23/h4-12,16,22,32H,13-15H2,1-3H3,(H,27,31)(H,29,30). The summed E-state index contributed by atoms with van der Waals surface area (Å²) in [5.74, 6) is -0.501. The van der Waals surface area contributed by atoms with Crippen molar-refractivity contribution in [1.29, 1.82) is 0 Å². The van der Waals surface area contributed by atoms with Crippen molar-refractivity contribution in [3.05, 3.63) is 71.4 Å². The van der Waals surface area contributed by atoms with Crippen LogP contribution in [-0.4, -0.2) is 28.0 Å². The first-order chi connectivity index (χ1) is 15.8. The minimum absolute atomic E-state index is 0.0310. The van der Waals surface area contributed by atoms with Gasteiger partial charge in [0.05, 0.1) is 16.8 Å². The van der Waals surface area contributed by atoms with Crippen LogP contribution < -0.4 is 15.5 Å². The largest absolute Gasteiger partial charge is 0.489 e. The number of aryl methyl sites for hydroxylation is 1. The number of rotatable bonds is 8. The molecule has 0 radical (unpaired) electrons. The maximum atomic E-state index is 12.8. The summed E-state index contributed by atoms with van der Waals surface area (Å²) in [7, 11) is 0. The summed E-state index contributed by atoms with van der Waals surface area (Å²) in [6.45, 7) is 6.16. The number of hydroxylamine groups is 1. The van der Waals surface area contributed by atoms with Crippen molar-refractivity contribution in [2.24, 2.45) is 11.3 Å². The second-order valence-corrected chi connectivity index (χ2v) is 9.07. The van der Waals surface area contributed by atoms with Gasteiger partial charge in [-0.3, -0.25) is 19.8 Å². The number of nitrogens with zero attached hydrogens (tertiary/aromatic N) is 1. The van der Waals surface area contributed by atoms with Gasteiger partial charge in [0.1, 0.15) is 12.4 Å². The molecule has 1 aliphatic rings. The highest BCUT2D eigenvalue weighted by Gasteiger charge is 2.63.